The van der Waals surface area contributed by atoms with Crippen molar-refractivity contribution in [1.29, 1.82) is 0 Å². The van der Waals surface area contributed by atoms with Crippen molar-refractivity contribution in [2.75, 3.05) is 13.2 Å². The molecule has 2 heterocycles. The van der Waals surface area contributed by atoms with E-state index in [4.69, 9.17) is 15.0 Å². The van der Waals surface area contributed by atoms with Crippen LogP contribution in [0.5, 0.6) is 0 Å². The molecule has 0 unspecified atom stereocenters. The third-order valence-electron chi connectivity index (χ3n) is 2.24. The van der Waals surface area contributed by atoms with E-state index in [1.807, 2.05) is 0 Å². The lowest BCUT2D eigenvalue weighted by Gasteiger charge is -2.18. The monoisotopic (exact) mass is 219 g/mol. The van der Waals surface area contributed by atoms with Crippen LogP contribution in [0.25, 0.3) is 0 Å². The predicted molar refractivity (Wildman–Crippen MR) is 52.2 cm³/mol. The highest BCUT2D eigenvalue weighted by atomic mass is 35.5. The molecule has 1 aliphatic rings. The number of nitrogens with two attached hydrogens (primary N) is 1. The van der Waals surface area contributed by atoms with Crippen LogP contribution in [0, 0.1) is 0 Å². The standard InChI is InChI=1S/C8H13N3O2.ClH/c9-5-7-10-8(11-13-7)6-1-3-12-4-2-6;/h6H,1-5,9H2;1H. The minimum atomic E-state index is 0. The molecule has 0 aliphatic carbocycles. The molecule has 0 saturated carbocycles. The summed E-state index contributed by atoms with van der Waals surface area (Å²) in [5.41, 5.74) is 5.37. The lowest BCUT2D eigenvalue weighted by Crippen LogP contribution is -2.15. The zero-order valence-electron chi connectivity index (χ0n) is 7.81. The maximum Gasteiger partial charge on any atom is 0.240 e. The summed E-state index contributed by atoms with van der Waals surface area (Å²) in [7, 11) is 0. The fourth-order valence-corrected chi connectivity index (χ4v) is 1.47. The quantitative estimate of drug-likeness (QED) is 0.798. The van der Waals surface area contributed by atoms with Gasteiger partial charge < -0.3 is 15.0 Å². The summed E-state index contributed by atoms with van der Waals surface area (Å²) in [6.07, 6.45) is 1.95. The number of hydrogen-bond donors (Lipinski definition) is 1. The molecule has 2 N–H and O–H groups in total. The molecule has 1 aromatic heterocycles. The van der Waals surface area contributed by atoms with Crippen LogP contribution in [-0.4, -0.2) is 23.4 Å². The van der Waals surface area contributed by atoms with E-state index >= 15 is 0 Å². The van der Waals surface area contributed by atoms with Crippen LogP contribution in [0.15, 0.2) is 4.52 Å². The average molecular weight is 220 g/mol. The van der Waals surface area contributed by atoms with Crippen molar-refractivity contribution < 1.29 is 9.26 Å². The fraction of sp³-hybridized carbons (Fsp3) is 0.750. The molecule has 1 aromatic rings. The second-order valence-electron chi connectivity index (χ2n) is 3.14. The van der Waals surface area contributed by atoms with Crippen LogP contribution in [-0.2, 0) is 11.3 Å². The Morgan fingerprint density at radius 3 is 2.64 bits per heavy atom. The summed E-state index contributed by atoms with van der Waals surface area (Å²) in [5.74, 6) is 1.68. The maximum atomic E-state index is 5.37. The summed E-state index contributed by atoms with van der Waals surface area (Å²) >= 11 is 0. The third kappa shape index (κ3) is 2.43. The number of rotatable bonds is 2. The minimum absolute atomic E-state index is 0. The molecule has 1 fully saturated rings. The lowest BCUT2D eigenvalue weighted by atomic mass is 10.00. The Balaban J connectivity index is 0.000000980. The van der Waals surface area contributed by atoms with Crippen LogP contribution in [0.2, 0.25) is 0 Å². The number of nitrogens with zero attached hydrogens (tertiary/aromatic N) is 2. The third-order valence-corrected chi connectivity index (χ3v) is 2.24. The molecule has 0 radical (unpaired) electrons. The number of hydrogen-bond acceptors (Lipinski definition) is 5. The van der Waals surface area contributed by atoms with Gasteiger partial charge in [-0.1, -0.05) is 5.16 Å². The lowest BCUT2D eigenvalue weighted by molar-refractivity contribution is 0.0830. The van der Waals surface area contributed by atoms with Gasteiger partial charge in [0.15, 0.2) is 5.82 Å². The smallest absolute Gasteiger partial charge is 0.240 e. The molecule has 0 bridgehead atoms. The summed E-state index contributed by atoms with van der Waals surface area (Å²) in [4.78, 5) is 4.19. The molecule has 0 spiro atoms. The molecule has 14 heavy (non-hydrogen) atoms. The van der Waals surface area contributed by atoms with Crippen molar-refractivity contribution in [3.8, 4) is 0 Å². The van der Waals surface area contributed by atoms with Gasteiger partial charge in [0.05, 0.1) is 6.54 Å². The van der Waals surface area contributed by atoms with Crippen molar-refractivity contribution in [2.24, 2.45) is 5.73 Å². The predicted octanol–water partition coefficient (Wildman–Crippen LogP) is 0.844. The van der Waals surface area contributed by atoms with Crippen LogP contribution >= 0.6 is 12.4 Å². The van der Waals surface area contributed by atoms with Gasteiger partial charge in [-0.25, -0.2) is 0 Å². The maximum absolute atomic E-state index is 5.37. The summed E-state index contributed by atoms with van der Waals surface area (Å²) in [6, 6.07) is 0. The Bertz CT molecular complexity index is 273. The van der Waals surface area contributed by atoms with Gasteiger partial charge in [-0.3, -0.25) is 0 Å². The number of halogens is 1. The van der Waals surface area contributed by atoms with Crippen LogP contribution < -0.4 is 5.73 Å². The first-order valence-electron chi connectivity index (χ1n) is 4.50. The van der Waals surface area contributed by atoms with Gasteiger partial charge in [0.1, 0.15) is 0 Å². The van der Waals surface area contributed by atoms with E-state index in [0.29, 0.717) is 18.4 Å². The van der Waals surface area contributed by atoms with Gasteiger partial charge in [-0.05, 0) is 12.8 Å². The van der Waals surface area contributed by atoms with Gasteiger partial charge in [0.2, 0.25) is 5.89 Å². The highest BCUT2D eigenvalue weighted by Gasteiger charge is 2.20. The zero-order chi connectivity index (χ0) is 9.10. The van der Waals surface area contributed by atoms with E-state index in [0.717, 1.165) is 31.9 Å². The zero-order valence-corrected chi connectivity index (χ0v) is 8.63. The van der Waals surface area contributed by atoms with Crippen molar-refractivity contribution in [1.82, 2.24) is 10.1 Å². The fourth-order valence-electron chi connectivity index (χ4n) is 1.47. The second-order valence-corrected chi connectivity index (χ2v) is 3.14. The van der Waals surface area contributed by atoms with Crippen molar-refractivity contribution >= 4 is 12.4 Å². The Morgan fingerprint density at radius 2 is 2.07 bits per heavy atom. The Kier molecular flexibility index (Phi) is 4.31. The normalized spacial score (nSPS) is 17.8. The first-order valence-corrected chi connectivity index (χ1v) is 4.50. The molecule has 0 amide bonds. The Morgan fingerprint density at radius 1 is 1.36 bits per heavy atom. The molecule has 5 nitrogen and oxygen atoms in total. The Hall–Kier alpha value is -0.650. The van der Waals surface area contributed by atoms with E-state index in [2.05, 4.69) is 10.1 Å². The molecular formula is C8H14ClN3O2. The summed E-state index contributed by atoms with van der Waals surface area (Å²) in [6.45, 7) is 1.89. The van der Waals surface area contributed by atoms with Crippen LogP contribution in [0.4, 0.5) is 0 Å². The van der Waals surface area contributed by atoms with E-state index in [1.54, 1.807) is 0 Å². The largest absolute Gasteiger partial charge is 0.381 e. The summed E-state index contributed by atoms with van der Waals surface area (Å²) < 4.78 is 10.2. The Labute approximate surface area is 88.4 Å². The molecule has 6 heteroatoms. The van der Waals surface area contributed by atoms with Crippen LogP contribution in [0.3, 0.4) is 0 Å². The van der Waals surface area contributed by atoms with E-state index < -0.39 is 0 Å². The molecule has 1 saturated heterocycles. The minimum Gasteiger partial charge on any atom is -0.381 e. The summed E-state index contributed by atoms with van der Waals surface area (Å²) in [5, 5.41) is 3.89. The van der Waals surface area contributed by atoms with Crippen LogP contribution in [0.1, 0.15) is 30.5 Å². The van der Waals surface area contributed by atoms with E-state index in [9.17, 15) is 0 Å². The molecule has 1 aliphatic heterocycles. The molecule has 0 aromatic carbocycles. The van der Waals surface area contributed by atoms with Crippen molar-refractivity contribution in [3.63, 3.8) is 0 Å². The topological polar surface area (TPSA) is 74.2 Å². The van der Waals surface area contributed by atoms with Gasteiger partial charge in [-0.15, -0.1) is 12.4 Å². The van der Waals surface area contributed by atoms with Crippen molar-refractivity contribution in [2.45, 2.75) is 25.3 Å². The number of aromatic nitrogens is 2. The molecule has 80 valence electrons. The highest BCUT2D eigenvalue weighted by molar-refractivity contribution is 5.85. The molecule has 2 rings (SSSR count). The molecule has 0 atom stereocenters. The first-order chi connectivity index (χ1) is 6.40. The SMILES string of the molecule is Cl.NCc1nc(C2CCOCC2)no1. The first kappa shape index (κ1) is 11.4. The van der Waals surface area contributed by atoms with E-state index in [-0.39, 0.29) is 12.4 Å². The van der Waals surface area contributed by atoms with Gasteiger partial charge in [-0.2, -0.15) is 4.98 Å². The van der Waals surface area contributed by atoms with Gasteiger partial charge >= 0.3 is 0 Å². The second kappa shape index (κ2) is 5.29. The average Bonchev–Trinajstić information content (AvgIpc) is 2.67. The van der Waals surface area contributed by atoms with Gasteiger partial charge in [0, 0.05) is 19.1 Å². The molecular weight excluding hydrogens is 206 g/mol. The van der Waals surface area contributed by atoms with E-state index in [1.165, 1.54) is 0 Å². The van der Waals surface area contributed by atoms with Crippen molar-refractivity contribution in [3.05, 3.63) is 11.7 Å². The van der Waals surface area contributed by atoms with Gasteiger partial charge in [0.25, 0.3) is 0 Å². The highest BCUT2D eigenvalue weighted by Crippen LogP contribution is 2.23. The number of ether oxygens (including phenoxy) is 1.